The first kappa shape index (κ1) is 18.1. The van der Waals surface area contributed by atoms with Crippen LogP contribution in [0.25, 0.3) is 0 Å². The molecule has 0 spiro atoms. The molecule has 3 aliphatic rings. The van der Waals surface area contributed by atoms with Gasteiger partial charge in [0.25, 0.3) is 0 Å². The van der Waals surface area contributed by atoms with Crippen LogP contribution in [0, 0.1) is 17.5 Å². The van der Waals surface area contributed by atoms with Crippen LogP contribution in [0.3, 0.4) is 0 Å². The minimum absolute atomic E-state index is 0.0270. The van der Waals surface area contributed by atoms with E-state index in [1.165, 1.54) is 5.56 Å². The largest absolute Gasteiger partial charge is 0.370 e. The first-order valence-corrected chi connectivity index (χ1v) is 9.74. The highest BCUT2D eigenvalue weighted by atomic mass is 19.2. The summed E-state index contributed by atoms with van der Waals surface area (Å²) < 4.78 is 52.3. The highest BCUT2D eigenvalue weighted by Gasteiger charge is 2.39. The predicted molar refractivity (Wildman–Crippen MR) is 94.0 cm³/mol. The van der Waals surface area contributed by atoms with Crippen LogP contribution >= 0.6 is 0 Å². The summed E-state index contributed by atoms with van der Waals surface area (Å²) in [5.74, 6) is -1.63. The Morgan fingerprint density at radius 1 is 1.11 bits per heavy atom. The van der Waals surface area contributed by atoms with Crippen LogP contribution in [0.4, 0.5) is 13.2 Å². The molecule has 0 amide bonds. The molecule has 5 rings (SSSR count). The van der Waals surface area contributed by atoms with Crippen LogP contribution in [-0.4, -0.2) is 35.3 Å². The third-order valence-electron chi connectivity index (χ3n) is 6.11. The zero-order valence-electron chi connectivity index (χ0n) is 15.3. The van der Waals surface area contributed by atoms with E-state index in [9.17, 15) is 13.2 Å². The maximum atomic E-state index is 14.1. The van der Waals surface area contributed by atoms with Crippen LogP contribution in [0.15, 0.2) is 16.7 Å². The van der Waals surface area contributed by atoms with Crippen LogP contribution in [-0.2, 0) is 17.7 Å². The first-order chi connectivity index (χ1) is 13.5. The third kappa shape index (κ3) is 3.13. The summed E-state index contributed by atoms with van der Waals surface area (Å²) in [6, 6.07) is 0.964. The van der Waals surface area contributed by atoms with Crippen LogP contribution in [0.5, 0.6) is 0 Å². The van der Waals surface area contributed by atoms with Crippen molar-refractivity contribution in [1.29, 1.82) is 0 Å². The predicted octanol–water partition coefficient (Wildman–Crippen LogP) is 3.18. The molecule has 2 aliphatic heterocycles. The second-order valence-corrected chi connectivity index (χ2v) is 8.06. The van der Waals surface area contributed by atoms with Gasteiger partial charge >= 0.3 is 0 Å². The van der Waals surface area contributed by atoms with Gasteiger partial charge in [0.1, 0.15) is 17.7 Å². The summed E-state index contributed by atoms with van der Waals surface area (Å²) in [7, 11) is 0. The van der Waals surface area contributed by atoms with E-state index in [0.29, 0.717) is 25.0 Å². The number of nitrogens with two attached hydrogens (primary N) is 1. The third-order valence-corrected chi connectivity index (χ3v) is 6.11. The lowest BCUT2D eigenvalue weighted by Gasteiger charge is -2.41. The maximum absolute atomic E-state index is 14.1. The zero-order valence-corrected chi connectivity index (χ0v) is 15.3. The van der Waals surface area contributed by atoms with Crippen molar-refractivity contribution < 1.29 is 22.4 Å². The van der Waals surface area contributed by atoms with Crippen molar-refractivity contribution in [2.75, 3.05) is 13.2 Å². The molecule has 2 aromatic rings. The van der Waals surface area contributed by atoms with Crippen molar-refractivity contribution in [3.8, 4) is 0 Å². The maximum Gasteiger partial charge on any atom is 0.161 e. The Morgan fingerprint density at radius 2 is 1.89 bits per heavy atom. The molecule has 2 N–H and O–H groups in total. The van der Waals surface area contributed by atoms with E-state index in [1.807, 2.05) is 0 Å². The van der Waals surface area contributed by atoms with E-state index < -0.39 is 29.6 Å². The Balaban J connectivity index is 1.30. The topological polar surface area (TPSA) is 64.5 Å². The van der Waals surface area contributed by atoms with Gasteiger partial charge in [-0.05, 0) is 25.3 Å². The fourth-order valence-corrected chi connectivity index (χ4v) is 4.41. The average Bonchev–Trinajstić information content (AvgIpc) is 3.43. The zero-order chi connectivity index (χ0) is 19.4. The van der Waals surface area contributed by atoms with Crippen molar-refractivity contribution in [2.24, 2.45) is 5.73 Å². The van der Waals surface area contributed by atoms with Crippen molar-refractivity contribution in [2.45, 2.75) is 56.3 Å². The minimum Gasteiger partial charge on any atom is -0.370 e. The molecular weight excluding hydrogens is 371 g/mol. The van der Waals surface area contributed by atoms with Crippen molar-refractivity contribution >= 4 is 0 Å². The number of hydrogen-bond acceptors (Lipinski definition) is 5. The lowest BCUT2D eigenvalue weighted by molar-refractivity contribution is -0.0549. The molecule has 1 aromatic heterocycles. The van der Waals surface area contributed by atoms with E-state index in [0.717, 1.165) is 49.9 Å². The normalized spacial score (nSPS) is 28.4. The Bertz CT molecular complexity index is 899. The van der Waals surface area contributed by atoms with Gasteiger partial charge in [0.2, 0.25) is 0 Å². The van der Waals surface area contributed by atoms with E-state index in [1.54, 1.807) is 0 Å². The summed E-state index contributed by atoms with van der Waals surface area (Å²) >= 11 is 0. The molecule has 1 saturated carbocycles. The van der Waals surface area contributed by atoms with Crippen molar-refractivity contribution in [1.82, 2.24) is 10.1 Å². The first-order valence-electron chi connectivity index (χ1n) is 9.74. The van der Waals surface area contributed by atoms with E-state index >= 15 is 0 Å². The fourth-order valence-electron chi connectivity index (χ4n) is 4.41. The van der Waals surface area contributed by atoms with E-state index in [-0.39, 0.29) is 11.6 Å². The SMILES string of the molecule is N[C@H]1C[C@@H](N2CCc3noc(C4CC4)c3C2)COC1c1cc(F)c(F)cc1F. The monoisotopic (exact) mass is 393 g/mol. The number of ether oxygens (including phenoxy) is 1. The molecule has 3 heterocycles. The fraction of sp³-hybridized carbons (Fsp3) is 0.550. The van der Waals surface area contributed by atoms with Crippen LogP contribution in [0.1, 0.15) is 53.9 Å². The van der Waals surface area contributed by atoms with Gasteiger partial charge in [0, 0.05) is 54.7 Å². The molecule has 0 bridgehead atoms. The van der Waals surface area contributed by atoms with Gasteiger partial charge in [-0.15, -0.1) is 0 Å². The number of aromatic nitrogens is 1. The molecule has 3 atom stereocenters. The van der Waals surface area contributed by atoms with Gasteiger partial charge in [0.05, 0.1) is 12.3 Å². The standard InChI is InChI=1S/C20H22F3N3O2/c21-14-7-16(23)15(22)6-12(14)20-17(24)5-11(9-27-20)26-4-3-18-13(8-26)19(28-25-18)10-1-2-10/h6-7,10-11,17,20H,1-5,8-9,24H2/t11-,17+,20?/m1/s1. The molecule has 1 saturated heterocycles. The average molecular weight is 393 g/mol. The van der Waals surface area contributed by atoms with Crippen LogP contribution in [0.2, 0.25) is 0 Å². The molecule has 1 unspecified atom stereocenters. The number of halogens is 3. The van der Waals surface area contributed by atoms with Gasteiger partial charge in [-0.3, -0.25) is 4.90 Å². The van der Waals surface area contributed by atoms with Gasteiger partial charge in [-0.2, -0.15) is 0 Å². The van der Waals surface area contributed by atoms with Crippen molar-refractivity contribution in [3.63, 3.8) is 0 Å². The summed E-state index contributed by atoms with van der Waals surface area (Å²) in [6.07, 6.45) is 2.92. The summed E-state index contributed by atoms with van der Waals surface area (Å²) in [6.45, 7) is 1.93. The molecule has 28 heavy (non-hydrogen) atoms. The quantitative estimate of drug-likeness (QED) is 0.812. The highest BCUT2D eigenvalue weighted by molar-refractivity contribution is 5.30. The molecule has 8 heteroatoms. The minimum atomic E-state index is -1.21. The summed E-state index contributed by atoms with van der Waals surface area (Å²) in [5, 5.41) is 4.22. The summed E-state index contributed by atoms with van der Waals surface area (Å²) in [4.78, 5) is 2.31. The van der Waals surface area contributed by atoms with E-state index in [2.05, 4.69) is 10.1 Å². The van der Waals surface area contributed by atoms with Gasteiger partial charge < -0.3 is 15.0 Å². The lowest BCUT2D eigenvalue weighted by Crippen LogP contribution is -2.50. The number of benzene rings is 1. The molecule has 2 fully saturated rings. The van der Waals surface area contributed by atoms with Crippen LogP contribution < -0.4 is 5.73 Å². The lowest BCUT2D eigenvalue weighted by atomic mass is 9.92. The molecule has 1 aromatic carbocycles. The Morgan fingerprint density at radius 3 is 2.64 bits per heavy atom. The Hall–Kier alpha value is -1.90. The molecular formula is C20H22F3N3O2. The molecule has 1 aliphatic carbocycles. The highest BCUT2D eigenvalue weighted by Crippen LogP contribution is 2.44. The van der Waals surface area contributed by atoms with Gasteiger partial charge in [-0.25, -0.2) is 13.2 Å². The molecule has 5 nitrogen and oxygen atoms in total. The number of nitrogens with zero attached hydrogens (tertiary/aromatic N) is 2. The number of hydrogen-bond donors (Lipinski definition) is 1. The summed E-state index contributed by atoms with van der Waals surface area (Å²) in [5.41, 5.74) is 8.47. The van der Waals surface area contributed by atoms with Crippen molar-refractivity contribution in [3.05, 3.63) is 52.2 Å². The Labute approximate surface area is 160 Å². The van der Waals surface area contributed by atoms with E-state index in [4.69, 9.17) is 15.0 Å². The second-order valence-electron chi connectivity index (χ2n) is 8.06. The van der Waals surface area contributed by atoms with Gasteiger partial charge in [-0.1, -0.05) is 5.16 Å². The smallest absolute Gasteiger partial charge is 0.161 e. The Kier molecular flexibility index (Phi) is 4.45. The van der Waals surface area contributed by atoms with Gasteiger partial charge in [0.15, 0.2) is 11.6 Å². The number of fused-ring (bicyclic) bond motifs is 1. The number of rotatable bonds is 3. The second kappa shape index (κ2) is 6.86. The molecule has 0 radical (unpaired) electrons. The molecule has 150 valence electrons.